The monoisotopic (exact) mass is 298 g/mol. The fraction of sp³-hybridized carbons (Fsp3) is 0.500. The summed E-state index contributed by atoms with van der Waals surface area (Å²) in [5.41, 5.74) is 2.37. The summed E-state index contributed by atoms with van der Waals surface area (Å²) in [4.78, 5) is 10.6. The molecular formula is C14H19BrO2. The molecule has 0 aliphatic rings. The van der Waals surface area contributed by atoms with E-state index in [4.69, 9.17) is 4.74 Å². The number of halogens is 1. The SMILES string of the molecule is COc1cc(C(C)C)cc(C(C)CC=O)c1Br. The van der Waals surface area contributed by atoms with E-state index in [-0.39, 0.29) is 5.92 Å². The molecule has 0 N–H and O–H groups in total. The standard InChI is InChI=1S/C14H19BrO2/c1-9(2)11-7-12(10(3)5-6-16)14(15)13(8-11)17-4/h6-10H,5H2,1-4H3. The maximum atomic E-state index is 10.6. The van der Waals surface area contributed by atoms with Crippen LogP contribution in [0, 0.1) is 0 Å². The third-order valence-corrected chi connectivity index (χ3v) is 3.81. The number of aldehydes is 1. The van der Waals surface area contributed by atoms with E-state index in [0.717, 1.165) is 22.1 Å². The van der Waals surface area contributed by atoms with Gasteiger partial charge in [0.2, 0.25) is 0 Å². The molecule has 1 unspecified atom stereocenters. The van der Waals surface area contributed by atoms with E-state index in [0.29, 0.717) is 12.3 Å². The highest BCUT2D eigenvalue weighted by molar-refractivity contribution is 9.10. The van der Waals surface area contributed by atoms with Crippen molar-refractivity contribution in [3.63, 3.8) is 0 Å². The summed E-state index contributed by atoms with van der Waals surface area (Å²) >= 11 is 3.55. The molecule has 0 aromatic heterocycles. The van der Waals surface area contributed by atoms with Gasteiger partial charge >= 0.3 is 0 Å². The minimum atomic E-state index is 0.203. The number of carbonyl (C=O) groups is 1. The zero-order chi connectivity index (χ0) is 13.0. The first kappa shape index (κ1) is 14.2. The van der Waals surface area contributed by atoms with Crippen LogP contribution in [0.1, 0.15) is 50.2 Å². The first-order valence-corrected chi connectivity index (χ1v) is 6.61. The molecule has 1 rings (SSSR count). The average Bonchev–Trinajstić information content (AvgIpc) is 2.29. The van der Waals surface area contributed by atoms with Crippen LogP contribution in [0.3, 0.4) is 0 Å². The van der Waals surface area contributed by atoms with Crippen LogP contribution in [0.5, 0.6) is 5.75 Å². The molecular weight excluding hydrogens is 280 g/mol. The molecule has 0 heterocycles. The van der Waals surface area contributed by atoms with Crippen molar-refractivity contribution >= 4 is 22.2 Å². The van der Waals surface area contributed by atoms with Gasteiger partial charge in [-0.3, -0.25) is 0 Å². The Morgan fingerprint density at radius 2 is 2.00 bits per heavy atom. The lowest BCUT2D eigenvalue weighted by molar-refractivity contribution is -0.108. The second-order valence-corrected chi connectivity index (χ2v) is 5.38. The van der Waals surface area contributed by atoms with Crippen molar-refractivity contribution in [2.24, 2.45) is 0 Å². The minimum absolute atomic E-state index is 0.203. The van der Waals surface area contributed by atoms with Gasteiger partial charge < -0.3 is 9.53 Å². The molecule has 0 aliphatic carbocycles. The molecule has 0 spiro atoms. The van der Waals surface area contributed by atoms with Crippen LogP contribution in [-0.4, -0.2) is 13.4 Å². The zero-order valence-electron chi connectivity index (χ0n) is 10.8. The van der Waals surface area contributed by atoms with Crippen LogP contribution >= 0.6 is 15.9 Å². The van der Waals surface area contributed by atoms with Gasteiger partial charge in [-0.1, -0.05) is 26.8 Å². The second kappa shape index (κ2) is 6.20. The summed E-state index contributed by atoms with van der Waals surface area (Å²) in [6.07, 6.45) is 1.49. The molecule has 94 valence electrons. The van der Waals surface area contributed by atoms with Gasteiger partial charge in [0.15, 0.2) is 0 Å². The maximum absolute atomic E-state index is 10.6. The summed E-state index contributed by atoms with van der Waals surface area (Å²) in [6, 6.07) is 4.21. The Morgan fingerprint density at radius 1 is 1.35 bits per heavy atom. The van der Waals surface area contributed by atoms with Crippen LogP contribution < -0.4 is 4.74 Å². The molecule has 0 amide bonds. The van der Waals surface area contributed by atoms with Gasteiger partial charge in [-0.25, -0.2) is 0 Å². The zero-order valence-corrected chi connectivity index (χ0v) is 12.4. The molecule has 0 fully saturated rings. The molecule has 1 aromatic carbocycles. The van der Waals surface area contributed by atoms with E-state index >= 15 is 0 Å². The first-order valence-electron chi connectivity index (χ1n) is 5.82. The van der Waals surface area contributed by atoms with Gasteiger partial charge in [-0.15, -0.1) is 0 Å². The van der Waals surface area contributed by atoms with Gasteiger partial charge in [0, 0.05) is 6.42 Å². The molecule has 0 saturated carbocycles. The number of methoxy groups -OCH3 is 1. The normalized spacial score (nSPS) is 12.6. The van der Waals surface area contributed by atoms with Crippen molar-refractivity contribution in [3.8, 4) is 5.75 Å². The van der Waals surface area contributed by atoms with Gasteiger partial charge in [0.25, 0.3) is 0 Å². The minimum Gasteiger partial charge on any atom is -0.496 e. The van der Waals surface area contributed by atoms with Crippen LogP contribution in [0.4, 0.5) is 0 Å². The predicted octanol–water partition coefficient (Wildman–Crippen LogP) is 4.27. The van der Waals surface area contributed by atoms with Gasteiger partial charge in [-0.2, -0.15) is 0 Å². The van der Waals surface area contributed by atoms with E-state index < -0.39 is 0 Å². The van der Waals surface area contributed by atoms with Gasteiger partial charge in [0.1, 0.15) is 12.0 Å². The molecule has 17 heavy (non-hydrogen) atoms. The van der Waals surface area contributed by atoms with E-state index in [2.05, 4.69) is 42.8 Å². The molecule has 0 bridgehead atoms. The summed E-state index contributed by atoms with van der Waals surface area (Å²) in [6.45, 7) is 6.35. The van der Waals surface area contributed by atoms with Crippen LogP contribution in [-0.2, 0) is 4.79 Å². The third kappa shape index (κ3) is 3.32. The third-order valence-electron chi connectivity index (χ3n) is 2.96. The Bertz CT molecular complexity index is 399. The number of rotatable bonds is 5. The second-order valence-electron chi connectivity index (χ2n) is 4.58. The van der Waals surface area contributed by atoms with Gasteiger partial charge in [-0.05, 0) is 45.0 Å². The quantitative estimate of drug-likeness (QED) is 0.759. The number of hydrogen-bond donors (Lipinski definition) is 0. The van der Waals surface area contributed by atoms with Crippen LogP contribution in [0.15, 0.2) is 16.6 Å². The lowest BCUT2D eigenvalue weighted by Crippen LogP contribution is -2.01. The Hall–Kier alpha value is -0.830. The van der Waals surface area contributed by atoms with Crippen LogP contribution in [0.2, 0.25) is 0 Å². The average molecular weight is 299 g/mol. The molecule has 0 saturated heterocycles. The lowest BCUT2D eigenvalue weighted by atomic mass is 9.93. The van der Waals surface area contributed by atoms with E-state index in [1.807, 2.05) is 6.07 Å². The summed E-state index contributed by atoms with van der Waals surface area (Å²) in [7, 11) is 1.67. The Labute approximate surface area is 111 Å². The highest BCUT2D eigenvalue weighted by Crippen LogP contribution is 2.37. The number of ether oxygens (including phenoxy) is 1. The highest BCUT2D eigenvalue weighted by Gasteiger charge is 2.15. The van der Waals surface area contributed by atoms with Crippen molar-refractivity contribution < 1.29 is 9.53 Å². The van der Waals surface area contributed by atoms with E-state index in [1.165, 1.54) is 5.56 Å². The van der Waals surface area contributed by atoms with E-state index in [1.54, 1.807) is 7.11 Å². The molecule has 0 radical (unpaired) electrons. The molecule has 0 aliphatic heterocycles. The summed E-state index contributed by atoms with van der Waals surface area (Å²) in [5, 5.41) is 0. The maximum Gasteiger partial charge on any atom is 0.133 e. The predicted molar refractivity (Wildman–Crippen MR) is 73.9 cm³/mol. The Morgan fingerprint density at radius 3 is 2.47 bits per heavy atom. The van der Waals surface area contributed by atoms with Gasteiger partial charge in [0.05, 0.1) is 11.6 Å². The molecule has 2 nitrogen and oxygen atoms in total. The lowest BCUT2D eigenvalue weighted by Gasteiger charge is -2.17. The van der Waals surface area contributed by atoms with E-state index in [9.17, 15) is 4.79 Å². The van der Waals surface area contributed by atoms with Crippen LogP contribution in [0.25, 0.3) is 0 Å². The van der Waals surface area contributed by atoms with Crippen molar-refractivity contribution in [2.75, 3.05) is 7.11 Å². The number of hydrogen-bond acceptors (Lipinski definition) is 2. The smallest absolute Gasteiger partial charge is 0.133 e. The Balaban J connectivity index is 3.26. The van der Waals surface area contributed by atoms with Crippen molar-refractivity contribution in [1.29, 1.82) is 0 Å². The largest absolute Gasteiger partial charge is 0.496 e. The number of benzene rings is 1. The summed E-state index contributed by atoms with van der Waals surface area (Å²) in [5.74, 6) is 1.48. The number of carbonyl (C=O) groups excluding carboxylic acids is 1. The van der Waals surface area contributed by atoms with Crippen molar-refractivity contribution in [2.45, 2.75) is 39.0 Å². The Kier molecular flexibility index (Phi) is 5.19. The summed E-state index contributed by atoms with van der Waals surface area (Å²) < 4.78 is 6.33. The topological polar surface area (TPSA) is 26.3 Å². The molecule has 3 heteroatoms. The molecule has 1 atom stereocenters. The molecule has 1 aromatic rings. The first-order chi connectivity index (χ1) is 8.01. The fourth-order valence-electron chi connectivity index (χ4n) is 1.75. The fourth-order valence-corrected chi connectivity index (χ4v) is 2.53. The highest BCUT2D eigenvalue weighted by atomic mass is 79.9. The van der Waals surface area contributed by atoms with Crippen molar-refractivity contribution in [1.82, 2.24) is 0 Å². The van der Waals surface area contributed by atoms with Crippen molar-refractivity contribution in [3.05, 3.63) is 27.7 Å².